The highest BCUT2D eigenvalue weighted by Crippen LogP contribution is 2.17. The second kappa shape index (κ2) is 11.2. The number of likely N-dealkylation sites (N-methyl/N-ethyl adjacent to an activating group) is 1. The Morgan fingerprint density at radius 3 is 2.50 bits per heavy atom. The third kappa shape index (κ3) is 7.54. The molecule has 0 aliphatic carbocycles. The number of benzene rings is 1. The lowest BCUT2D eigenvalue weighted by molar-refractivity contribution is -0.294. The SMILES string of the molecule is CCOOCC(CN(C)CCC(=O)OCC)c1ccccc1. The minimum absolute atomic E-state index is 0.156. The summed E-state index contributed by atoms with van der Waals surface area (Å²) in [5.41, 5.74) is 1.20. The third-order valence-electron chi connectivity index (χ3n) is 3.28. The molecule has 0 fully saturated rings. The van der Waals surface area contributed by atoms with Gasteiger partial charge < -0.3 is 9.64 Å². The quantitative estimate of drug-likeness (QED) is 0.272. The summed E-state index contributed by atoms with van der Waals surface area (Å²) in [6.07, 6.45) is 0.401. The van der Waals surface area contributed by atoms with Gasteiger partial charge in [0, 0.05) is 19.0 Å². The molecule has 0 heterocycles. The highest BCUT2D eigenvalue weighted by atomic mass is 17.2. The molecule has 0 bridgehead atoms. The average molecular weight is 309 g/mol. The number of carbonyl (C=O) groups is 1. The fraction of sp³-hybridized carbons (Fsp3) is 0.588. The van der Waals surface area contributed by atoms with Gasteiger partial charge in [-0.05, 0) is 26.5 Å². The first-order valence-corrected chi connectivity index (χ1v) is 7.80. The lowest BCUT2D eigenvalue weighted by atomic mass is 9.99. The van der Waals surface area contributed by atoms with Gasteiger partial charge in [0.15, 0.2) is 0 Å². The van der Waals surface area contributed by atoms with E-state index in [0.29, 0.717) is 32.8 Å². The monoisotopic (exact) mass is 309 g/mol. The van der Waals surface area contributed by atoms with E-state index in [1.807, 2.05) is 39.1 Å². The molecule has 0 aromatic heterocycles. The number of ether oxygens (including phenoxy) is 1. The molecule has 5 nitrogen and oxygen atoms in total. The van der Waals surface area contributed by atoms with E-state index >= 15 is 0 Å². The van der Waals surface area contributed by atoms with E-state index in [1.165, 1.54) is 5.56 Å². The molecular weight excluding hydrogens is 282 g/mol. The van der Waals surface area contributed by atoms with Crippen LogP contribution in [0.25, 0.3) is 0 Å². The Balaban J connectivity index is 2.50. The molecule has 0 N–H and O–H groups in total. The molecule has 1 unspecified atom stereocenters. The summed E-state index contributed by atoms with van der Waals surface area (Å²) in [6.45, 7) is 6.60. The summed E-state index contributed by atoms with van der Waals surface area (Å²) < 4.78 is 4.95. The molecule has 0 aliphatic rings. The molecule has 0 saturated heterocycles. The normalized spacial score (nSPS) is 12.4. The minimum Gasteiger partial charge on any atom is -0.466 e. The van der Waals surface area contributed by atoms with Crippen molar-refractivity contribution < 1.29 is 19.3 Å². The Labute approximate surface area is 133 Å². The zero-order valence-corrected chi connectivity index (χ0v) is 13.8. The van der Waals surface area contributed by atoms with E-state index in [4.69, 9.17) is 14.5 Å². The maximum absolute atomic E-state index is 11.4. The van der Waals surface area contributed by atoms with Crippen LogP contribution < -0.4 is 0 Å². The van der Waals surface area contributed by atoms with Gasteiger partial charge in [-0.1, -0.05) is 30.3 Å². The van der Waals surface area contributed by atoms with Gasteiger partial charge in [0.25, 0.3) is 0 Å². The van der Waals surface area contributed by atoms with Crippen LogP contribution in [-0.2, 0) is 19.3 Å². The van der Waals surface area contributed by atoms with Crippen molar-refractivity contribution in [1.82, 2.24) is 4.90 Å². The van der Waals surface area contributed by atoms with Gasteiger partial charge in [-0.3, -0.25) is 4.79 Å². The molecular formula is C17H27NO4. The molecule has 0 aliphatic heterocycles. The number of rotatable bonds is 11. The lowest BCUT2D eigenvalue weighted by Gasteiger charge is -2.23. The Bertz CT molecular complexity index is 410. The number of hydrogen-bond donors (Lipinski definition) is 0. The van der Waals surface area contributed by atoms with E-state index in [2.05, 4.69) is 17.0 Å². The van der Waals surface area contributed by atoms with Crippen LogP contribution in [-0.4, -0.2) is 50.8 Å². The van der Waals surface area contributed by atoms with E-state index in [-0.39, 0.29) is 11.9 Å². The van der Waals surface area contributed by atoms with Crippen LogP contribution in [0, 0.1) is 0 Å². The predicted octanol–water partition coefficient (Wildman–Crippen LogP) is 2.62. The van der Waals surface area contributed by atoms with Gasteiger partial charge in [0.1, 0.15) is 0 Å². The van der Waals surface area contributed by atoms with Crippen molar-refractivity contribution in [1.29, 1.82) is 0 Å². The molecule has 0 radical (unpaired) electrons. The van der Waals surface area contributed by atoms with Crippen molar-refractivity contribution in [3.8, 4) is 0 Å². The Morgan fingerprint density at radius 2 is 1.86 bits per heavy atom. The first kappa shape index (κ1) is 18.6. The Kier molecular flexibility index (Phi) is 9.46. The summed E-state index contributed by atoms with van der Waals surface area (Å²) in [5.74, 6) is 0.0381. The van der Waals surface area contributed by atoms with Gasteiger partial charge in [0.2, 0.25) is 0 Å². The van der Waals surface area contributed by atoms with E-state index in [9.17, 15) is 4.79 Å². The maximum Gasteiger partial charge on any atom is 0.307 e. The largest absolute Gasteiger partial charge is 0.466 e. The van der Waals surface area contributed by atoms with Crippen LogP contribution in [0.1, 0.15) is 31.7 Å². The number of nitrogens with zero attached hydrogens (tertiary/aromatic N) is 1. The Hall–Kier alpha value is -1.43. The van der Waals surface area contributed by atoms with Crippen molar-refractivity contribution >= 4 is 5.97 Å². The number of hydrogen-bond acceptors (Lipinski definition) is 5. The van der Waals surface area contributed by atoms with Gasteiger partial charge >= 0.3 is 5.97 Å². The van der Waals surface area contributed by atoms with Crippen LogP contribution in [0.3, 0.4) is 0 Å². The first-order valence-electron chi connectivity index (χ1n) is 7.80. The van der Waals surface area contributed by atoms with Gasteiger partial charge in [-0.25, -0.2) is 9.78 Å². The van der Waals surface area contributed by atoms with Crippen molar-refractivity contribution in [2.45, 2.75) is 26.2 Å². The predicted molar refractivity (Wildman–Crippen MR) is 85.5 cm³/mol. The number of esters is 1. The van der Waals surface area contributed by atoms with Crippen molar-refractivity contribution in [2.24, 2.45) is 0 Å². The maximum atomic E-state index is 11.4. The molecule has 1 aromatic carbocycles. The molecule has 1 rings (SSSR count). The van der Waals surface area contributed by atoms with Crippen molar-refractivity contribution in [2.75, 3.05) is 40.0 Å². The molecule has 1 aromatic rings. The molecule has 22 heavy (non-hydrogen) atoms. The summed E-state index contributed by atoms with van der Waals surface area (Å²) in [7, 11) is 2.00. The van der Waals surface area contributed by atoms with E-state index in [0.717, 1.165) is 6.54 Å². The topological polar surface area (TPSA) is 48.0 Å². The highest BCUT2D eigenvalue weighted by Gasteiger charge is 2.16. The van der Waals surface area contributed by atoms with Crippen molar-refractivity contribution in [3.05, 3.63) is 35.9 Å². The molecule has 124 valence electrons. The minimum atomic E-state index is -0.156. The first-order chi connectivity index (χ1) is 10.7. The fourth-order valence-electron chi connectivity index (χ4n) is 2.18. The smallest absolute Gasteiger partial charge is 0.307 e. The lowest BCUT2D eigenvalue weighted by Crippen LogP contribution is -2.29. The summed E-state index contributed by atoms with van der Waals surface area (Å²) in [4.78, 5) is 23.8. The third-order valence-corrected chi connectivity index (χ3v) is 3.28. The average Bonchev–Trinajstić information content (AvgIpc) is 2.53. The fourth-order valence-corrected chi connectivity index (χ4v) is 2.18. The molecule has 0 amide bonds. The summed E-state index contributed by atoms with van der Waals surface area (Å²) in [5, 5.41) is 0. The summed E-state index contributed by atoms with van der Waals surface area (Å²) >= 11 is 0. The highest BCUT2D eigenvalue weighted by molar-refractivity contribution is 5.69. The zero-order chi connectivity index (χ0) is 16.2. The second-order valence-corrected chi connectivity index (χ2v) is 5.12. The number of carbonyl (C=O) groups excluding carboxylic acids is 1. The summed E-state index contributed by atoms with van der Waals surface area (Å²) in [6, 6.07) is 10.2. The molecule has 0 saturated carbocycles. The van der Waals surface area contributed by atoms with Crippen LogP contribution >= 0.6 is 0 Å². The van der Waals surface area contributed by atoms with E-state index < -0.39 is 0 Å². The Morgan fingerprint density at radius 1 is 1.14 bits per heavy atom. The van der Waals surface area contributed by atoms with Crippen LogP contribution in [0.15, 0.2) is 30.3 Å². The standard InChI is InChI=1S/C17H27NO4/c1-4-20-17(19)11-12-18(3)13-16(14-22-21-5-2)15-9-7-6-8-10-15/h6-10,16H,4-5,11-14H2,1-3H3. The van der Waals surface area contributed by atoms with Gasteiger partial charge in [-0.2, -0.15) is 0 Å². The van der Waals surface area contributed by atoms with Crippen molar-refractivity contribution in [3.63, 3.8) is 0 Å². The molecule has 1 atom stereocenters. The van der Waals surface area contributed by atoms with Gasteiger partial charge in [-0.15, -0.1) is 0 Å². The molecule has 0 spiro atoms. The zero-order valence-electron chi connectivity index (χ0n) is 13.8. The van der Waals surface area contributed by atoms with Crippen LogP contribution in [0.5, 0.6) is 0 Å². The molecule has 5 heteroatoms. The second-order valence-electron chi connectivity index (χ2n) is 5.12. The van der Waals surface area contributed by atoms with Crippen LogP contribution in [0.4, 0.5) is 0 Å². The van der Waals surface area contributed by atoms with Gasteiger partial charge in [0.05, 0.1) is 26.2 Å². The van der Waals surface area contributed by atoms with E-state index in [1.54, 1.807) is 0 Å². The van der Waals surface area contributed by atoms with Crippen LogP contribution in [0.2, 0.25) is 0 Å².